The highest BCUT2D eigenvalue weighted by atomic mass is 35.5. The Labute approximate surface area is 113 Å². The summed E-state index contributed by atoms with van der Waals surface area (Å²) in [5.74, 6) is 0.0404. The summed E-state index contributed by atoms with van der Waals surface area (Å²) >= 11 is 5.95. The van der Waals surface area contributed by atoms with Crippen LogP contribution in [0.3, 0.4) is 0 Å². The topological polar surface area (TPSA) is 46.3 Å². The quantitative estimate of drug-likeness (QED) is 0.853. The summed E-state index contributed by atoms with van der Waals surface area (Å²) in [7, 11) is 0. The van der Waals surface area contributed by atoms with Gasteiger partial charge in [0.1, 0.15) is 0 Å². The van der Waals surface area contributed by atoms with Crippen LogP contribution in [-0.4, -0.2) is 23.4 Å². The van der Waals surface area contributed by atoms with E-state index < -0.39 is 0 Å². The summed E-state index contributed by atoms with van der Waals surface area (Å²) in [5, 5.41) is 0.515. The number of carbonyl (C=O) groups excluding carboxylic acids is 1. The lowest BCUT2D eigenvalue weighted by Crippen LogP contribution is -2.38. The van der Waals surface area contributed by atoms with E-state index in [1.165, 1.54) is 12.8 Å². The molecule has 3 nitrogen and oxygen atoms in total. The molecule has 0 aromatic heterocycles. The van der Waals surface area contributed by atoms with E-state index in [0.717, 1.165) is 19.4 Å². The molecule has 1 aliphatic rings. The van der Waals surface area contributed by atoms with Gasteiger partial charge in [0.25, 0.3) is 5.91 Å². The molecule has 1 aromatic rings. The molecule has 0 saturated heterocycles. The van der Waals surface area contributed by atoms with Gasteiger partial charge in [-0.05, 0) is 38.0 Å². The summed E-state index contributed by atoms with van der Waals surface area (Å²) in [4.78, 5) is 14.4. The summed E-state index contributed by atoms with van der Waals surface area (Å²) in [6.07, 6.45) is 4.64. The van der Waals surface area contributed by atoms with E-state index >= 15 is 0 Å². The van der Waals surface area contributed by atoms with Crippen LogP contribution in [0.5, 0.6) is 0 Å². The monoisotopic (exact) mass is 266 g/mol. The van der Waals surface area contributed by atoms with Gasteiger partial charge in [-0.3, -0.25) is 4.79 Å². The van der Waals surface area contributed by atoms with Crippen LogP contribution in [0.15, 0.2) is 18.2 Å². The van der Waals surface area contributed by atoms with Crippen molar-refractivity contribution in [2.75, 3.05) is 12.3 Å². The zero-order chi connectivity index (χ0) is 13.1. The number of nitrogen functional groups attached to an aromatic ring is 1. The van der Waals surface area contributed by atoms with Crippen molar-refractivity contribution in [3.8, 4) is 0 Å². The summed E-state index contributed by atoms with van der Waals surface area (Å²) in [5.41, 5.74) is 6.86. The Morgan fingerprint density at radius 3 is 2.61 bits per heavy atom. The van der Waals surface area contributed by atoms with Crippen LogP contribution in [0.1, 0.15) is 43.0 Å². The minimum atomic E-state index is 0.0404. The van der Waals surface area contributed by atoms with Gasteiger partial charge in [-0.25, -0.2) is 0 Å². The van der Waals surface area contributed by atoms with Gasteiger partial charge in [-0.2, -0.15) is 0 Å². The molecule has 0 bridgehead atoms. The number of nitrogens with two attached hydrogens (primary N) is 1. The standard InChI is InChI=1S/C14H19ClN2O/c1-2-17(13-5-3-4-6-13)14(18)10-7-11(15)9-12(16)8-10/h7-9,13H,2-6,16H2,1H3. The third kappa shape index (κ3) is 2.78. The second-order valence-corrected chi connectivity index (χ2v) is 5.24. The first-order chi connectivity index (χ1) is 8.61. The van der Waals surface area contributed by atoms with E-state index in [2.05, 4.69) is 0 Å². The number of anilines is 1. The largest absolute Gasteiger partial charge is 0.399 e. The molecule has 4 heteroatoms. The first-order valence-corrected chi connectivity index (χ1v) is 6.86. The summed E-state index contributed by atoms with van der Waals surface area (Å²) < 4.78 is 0. The first kappa shape index (κ1) is 13.2. The molecule has 0 radical (unpaired) electrons. The number of amides is 1. The maximum absolute atomic E-state index is 12.5. The fraction of sp³-hybridized carbons (Fsp3) is 0.500. The van der Waals surface area contributed by atoms with Gasteiger partial charge in [-0.1, -0.05) is 24.4 Å². The van der Waals surface area contributed by atoms with E-state index in [9.17, 15) is 4.79 Å². The smallest absolute Gasteiger partial charge is 0.254 e. The second-order valence-electron chi connectivity index (χ2n) is 4.80. The number of benzene rings is 1. The van der Waals surface area contributed by atoms with Gasteiger partial charge >= 0.3 is 0 Å². The second kappa shape index (κ2) is 5.61. The van der Waals surface area contributed by atoms with Crippen molar-refractivity contribution in [2.45, 2.75) is 38.6 Å². The molecule has 1 fully saturated rings. The SMILES string of the molecule is CCN(C(=O)c1cc(N)cc(Cl)c1)C1CCCC1. The van der Waals surface area contributed by atoms with E-state index in [1.54, 1.807) is 18.2 Å². The Kier molecular flexibility index (Phi) is 4.12. The van der Waals surface area contributed by atoms with Gasteiger partial charge in [0, 0.05) is 28.9 Å². The Morgan fingerprint density at radius 1 is 1.39 bits per heavy atom. The molecule has 0 unspecified atom stereocenters. The summed E-state index contributed by atoms with van der Waals surface area (Å²) in [6, 6.07) is 5.43. The molecular weight excluding hydrogens is 248 g/mol. The fourth-order valence-electron chi connectivity index (χ4n) is 2.69. The van der Waals surface area contributed by atoms with Crippen LogP contribution in [0.2, 0.25) is 5.02 Å². The van der Waals surface area contributed by atoms with Crippen LogP contribution >= 0.6 is 11.6 Å². The van der Waals surface area contributed by atoms with Gasteiger partial charge in [0.2, 0.25) is 0 Å². The lowest BCUT2D eigenvalue weighted by molar-refractivity contribution is 0.0693. The van der Waals surface area contributed by atoms with Gasteiger partial charge in [-0.15, -0.1) is 0 Å². The molecule has 1 aliphatic carbocycles. The number of nitrogens with zero attached hydrogens (tertiary/aromatic N) is 1. The minimum Gasteiger partial charge on any atom is -0.399 e. The molecule has 0 aliphatic heterocycles. The van der Waals surface area contributed by atoms with Crippen molar-refractivity contribution < 1.29 is 4.79 Å². The normalized spacial score (nSPS) is 15.9. The van der Waals surface area contributed by atoms with Crippen molar-refractivity contribution >= 4 is 23.2 Å². The van der Waals surface area contributed by atoms with Gasteiger partial charge in [0.15, 0.2) is 0 Å². The van der Waals surface area contributed by atoms with E-state index in [0.29, 0.717) is 22.3 Å². The average Bonchev–Trinajstić information content (AvgIpc) is 2.82. The predicted molar refractivity (Wildman–Crippen MR) is 74.8 cm³/mol. The number of rotatable bonds is 3. The summed E-state index contributed by atoms with van der Waals surface area (Å²) in [6.45, 7) is 2.75. The number of hydrogen-bond acceptors (Lipinski definition) is 2. The average molecular weight is 267 g/mol. The number of halogens is 1. The van der Waals surface area contributed by atoms with Crippen molar-refractivity contribution in [3.63, 3.8) is 0 Å². The molecule has 1 amide bonds. The Balaban J connectivity index is 2.22. The van der Waals surface area contributed by atoms with Crippen LogP contribution in [0.4, 0.5) is 5.69 Å². The van der Waals surface area contributed by atoms with Crippen LogP contribution in [0, 0.1) is 0 Å². The van der Waals surface area contributed by atoms with Crippen molar-refractivity contribution in [1.82, 2.24) is 4.90 Å². The maximum Gasteiger partial charge on any atom is 0.254 e. The highest BCUT2D eigenvalue weighted by Gasteiger charge is 2.26. The molecule has 0 atom stereocenters. The van der Waals surface area contributed by atoms with E-state index in [4.69, 9.17) is 17.3 Å². The highest BCUT2D eigenvalue weighted by molar-refractivity contribution is 6.31. The van der Waals surface area contributed by atoms with Crippen LogP contribution in [-0.2, 0) is 0 Å². The number of hydrogen-bond donors (Lipinski definition) is 1. The molecule has 0 spiro atoms. The zero-order valence-corrected chi connectivity index (χ0v) is 11.4. The molecule has 1 aromatic carbocycles. The predicted octanol–water partition coefficient (Wildman–Crippen LogP) is 3.33. The van der Waals surface area contributed by atoms with Crippen LogP contribution < -0.4 is 5.73 Å². The molecule has 1 saturated carbocycles. The fourth-order valence-corrected chi connectivity index (χ4v) is 2.93. The molecule has 0 heterocycles. The molecule has 2 rings (SSSR count). The van der Waals surface area contributed by atoms with Crippen molar-refractivity contribution in [2.24, 2.45) is 0 Å². The molecule has 98 valence electrons. The van der Waals surface area contributed by atoms with Gasteiger partial charge < -0.3 is 10.6 Å². The molecule has 18 heavy (non-hydrogen) atoms. The Morgan fingerprint density at radius 2 is 2.06 bits per heavy atom. The zero-order valence-electron chi connectivity index (χ0n) is 10.7. The van der Waals surface area contributed by atoms with E-state index in [-0.39, 0.29) is 5.91 Å². The lowest BCUT2D eigenvalue weighted by Gasteiger charge is -2.27. The number of carbonyl (C=O) groups is 1. The Bertz CT molecular complexity index is 421. The van der Waals surface area contributed by atoms with Crippen molar-refractivity contribution in [3.05, 3.63) is 28.8 Å². The third-order valence-electron chi connectivity index (χ3n) is 3.53. The van der Waals surface area contributed by atoms with Gasteiger partial charge in [0.05, 0.1) is 0 Å². The van der Waals surface area contributed by atoms with Crippen LogP contribution in [0.25, 0.3) is 0 Å². The third-order valence-corrected chi connectivity index (χ3v) is 3.75. The van der Waals surface area contributed by atoms with E-state index in [1.807, 2.05) is 11.8 Å². The highest BCUT2D eigenvalue weighted by Crippen LogP contribution is 2.26. The first-order valence-electron chi connectivity index (χ1n) is 6.49. The maximum atomic E-state index is 12.5. The molecule has 2 N–H and O–H groups in total. The Hall–Kier alpha value is -1.22. The van der Waals surface area contributed by atoms with Crippen molar-refractivity contribution in [1.29, 1.82) is 0 Å². The molecular formula is C14H19ClN2O. The lowest BCUT2D eigenvalue weighted by atomic mass is 10.1. The minimum absolute atomic E-state index is 0.0404.